The Kier molecular flexibility index (Phi) is 9.83. The molecule has 0 bridgehead atoms. The third-order valence-electron chi connectivity index (χ3n) is 7.14. The van der Waals surface area contributed by atoms with Gasteiger partial charge in [-0.25, -0.2) is 4.39 Å². The number of piperidine rings is 1. The van der Waals surface area contributed by atoms with Crippen LogP contribution in [0.3, 0.4) is 0 Å². The minimum Gasteiger partial charge on any atom is -0.497 e. The van der Waals surface area contributed by atoms with Crippen molar-refractivity contribution >= 4 is 34.8 Å². The third kappa shape index (κ3) is 7.16. The van der Waals surface area contributed by atoms with Crippen LogP contribution in [0.1, 0.15) is 42.1 Å². The van der Waals surface area contributed by atoms with E-state index < -0.39 is 0 Å². The normalized spacial score (nSPS) is 15.2. The summed E-state index contributed by atoms with van der Waals surface area (Å²) in [6, 6.07) is 15.5. The molecule has 1 N–H and O–H groups in total. The van der Waals surface area contributed by atoms with E-state index in [1.165, 1.54) is 18.5 Å². The average Bonchev–Trinajstić information content (AvgIpc) is 2.92. The van der Waals surface area contributed by atoms with E-state index in [0.717, 1.165) is 49.4 Å². The summed E-state index contributed by atoms with van der Waals surface area (Å²) < 4.78 is 19.2. The van der Waals surface area contributed by atoms with Crippen molar-refractivity contribution in [1.29, 1.82) is 0 Å². The Bertz CT molecular complexity index is 1200. The SMILES string of the molecule is COc1ccc(N(Cc2cccc(F)c2)C2CCN(C(C)CCNC(=O)c3c(Cl)cncc3Cl)CC2)cc1. The van der Waals surface area contributed by atoms with Crippen LogP contribution in [0.25, 0.3) is 0 Å². The van der Waals surface area contributed by atoms with Crippen molar-refractivity contribution in [1.82, 2.24) is 15.2 Å². The number of methoxy groups -OCH3 is 1. The number of aromatic nitrogens is 1. The molecule has 3 aromatic rings. The Labute approximate surface area is 233 Å². The van der Waals surface area contributed by atoms with E-state index in [0.29, 0.717) is 25.2 Å². The molecule has 1 amide bonds. The van der Waals surface area contributed by atoms with E-state index in [1.54, 1.807) is 19.2 Å². The number of rotatable bonds is 10. The monoisotopic (exact) mass is 558 g/mol. The molecule has 1 atom stereocenters. The van der Waals surface area contributed by atoms with Crippen molar-refractivity contribution < 1.29 is 13.9 Å². The minimum atomic E-state index is -0.291. The first-order valence-corrected chi connectivity index (χ1v) is 13.6. The molecular weight excluding hydrogens is 526 g/mol. The fourth-order valence-electron chi connectivity index (χ4n) is 4.97. The van der Waals surface area contributed by atoms with Crippen molar-refractivity contribution in [2.45, 2.75) is 44.8 Å². The largest absolute Gasteiger partial charge is 0.497 e. The Morgan fingerprint density at radius 1 is 1.16 bits per heavy atom. The van der Waals surface area contributed by atoms with Crippen LogP contribution in [0, 0.1) is 5.82 Å². The molecule has 1 aliphatic rings. The number of hydrogen-bond acceptors (Lipinski definition) is 5. The van der Waals surface area contributed by atoms with Gasteiger partial charge in [0.2, 0.25) is 0 Å². The van der Waals surface area contributed by atoms with E-state index in [9.17, 15) is 9.18 Å². The maximum atomic E-state index is 13.9. The fraction of sp³-hybridized carbons (Fsp3) is 0.379. The lowest BCUT2D eigenvalue weighted by molar-refractivity contribution is 0.0945. The zero-order valence-corrected chi connectivity index (χ0v) is 23.2. The molecule has 2 heterocycles. The van der Waals surface area contributed by atoms with Crippen molar-refractivity contribution in [3.05, 3.63) is 87.9 Å². The predicted molar refractivity (Wildman–Crippen MR) is 151 cm³/mol. The third-order valence-corrected chi connectivity index (χ3v) is 7.71. The van der Waals surface area contributed by atoms with Crippen LogP contribution >= 0.6 is 23.2 Å². The summed E-state index contributed by atoms with van der Waals surface area (Å²) >= 11 is 12.2. The van der Waals surface area contributed by atoms with Gasteiger partial charge < -0.3 is 19.9 Å². The highest BCUT2D eigenvalue weighted by molar-refractivity contribution is 6.39. The molecule has 0 saturated carbocycles. The highest BCUT2D eigenvalue weighted by Crippen LogP contribution is 2.29. The number of benzene rings is 2. The quantitative estimate of drug-likeness (QED) is 0.320. The number of pyridine rings is 1. The van der Waals surface area contributed by atoms with Gasteiger partial charge in [-0.1, -0.05) is 35.3 Å². The van der Waals surface area contributed by atoms with Gasteiger partial charge in [0.15, 0.2) is 0 Å². The maximum Gasteiger partial charge on any atom is 0.254 e. The van der Waals surface area contributed by atoms with Crippen LogP contribution in [0.15, 0.2) is 60.9 Å². The van der Waals surface area contributed by atoms with Crippen molar-refractivity contribution in [2.75, 3.05) is 31.6 Å². The molecule has 9 heteroatoms. The number of carbonyl (C=O) groups is 1. The molecule has 6 nitrogen and oxygen atoms in total. The van der Waals surface area contributed by atoms with Gasteiger partial charge in [0.25, 0.3) is 5.91 Å². The van der Waals surface area contributed by atoms with Crippen LogP contribution in [-0.2, 0) is 6.54 Å². The van der Waals surface area contributed by atoms with Crippen LogP contribution in [0.2, 0.25) is 10.0 Å². The van der Waals surface area contributed by atoms with Gasteiger partial charge in [-0.3, -0.25) is 9.78 Å². The summed E-state index contributed by atoms with van der Waals surface area (Å²) in [5, 5.41) is 3.41. The van der Waals surface area contributed by atoms with Crippen LogP contribution in [-0.4, -0.2) is 54.6 Å². The molecule has 1 unspecified atom stereocenters. The molecule has 4 rings (SSSR count). The summed E-state index contributed by atoms with van der Waals surface area (Å²) in [6.07, 6.45) is 5.61. The van der Waals surface area contributed by atoms with Gasteiger partial charge >= 0.3 is 0 Å². The van der Waals surface area contributed by atoms with Crippen LogP contribution < -0.4 is 15.0 Å². The number of halogens is 3. The molecule has 0 spiro atoms. The second-order valence-corrected chi connectivity index (χ2v) is 10.4. The number of nitrogens with zero attached hydrogens (tertiary/aromatic N) is 3. The second kappa shape index (κ2) is 13.3. The van der Waals surface area contributed by atoms with E-state index in [2.05, 4.69) is 39.2 Å². The van der Waals surface area contributed by atoms with Crippen molar-refractivity contribution in [3.63, 3.8) is 0 Å². The fourth-order valence-corrected chi connectivity index (χ4v) is 5.51. The number of carbonyl (C=O) groups excluding carboxylic acids is 1. The number of ether oxygens (including phenoxy) is 1. The van der Waals surface area contributed by atoms with Gasteiger partial charge in [0.05, 0.1) is 22.7 Å². The first kappa shape index (κ1) is 28.1. The van der Waals surface area contributed by atoms with Crippen LogP contribution in [0.5, 0.6) is 5.75 Å². The van der Waals surface area contributed by atoms with E-state index >= 15 is 0 Å². The van der Waals surface area contributed by atoms with Crippen LogP contribution in [0.4, 0.5) is 10.1 Å². The lowest BCUT2D eigenvalue weighted by Crippen LogP contribution is -2.48. The lowest BCUT2D eigenvalue weighted by atomic mass is 9.99. The van der Waals surface area contributed by atoms with E-state index in [-0.39, 0.29) is 27.3 Å². The lowest BCUT2D eigenvalue weighted by Gasteiger charge is -2.42. The number of nitrogens with one attached hydrogen (secondary N) is 1. The molecule has 38 heavy (non-hydrogen) atoms. The molecule has 2 aromatic carbocycles. The Balaban J connectivity index is 1.34. The molecule has 1 fully saturated rings. The molecule has 202 valence electrons. The average molecular weight is 560 g/mol. The molecule has 1 aromatic heterocycles. The minimum absolute atomic E-state index is 0.221. The molecular formula is C29H33Cl2FN4O2. The Hall–Kier alpha value is -2.87. The van der Waals surface area contributed by atoms with Gasteiger partial charge in [-0.2, -0.15) is 0 Å². The molecule has 1 aliphatic heterocycles. The Morgan fingerprint density at radius 2 is 1.84 bits per heavy atom. The second-order valence-electron chi connectivity index (χ2n) is 9.59. The highest BCUT2D eigenvalue weighted by Gasteiger charge is 2.27. The molecule has 1 saturated heterocycles. The number of likely N-dealkylation sites (tertiary alicyclic amines) is 1. The van der Waals surface area contributed by atoms with E-state index in [4.69, 9.17) is 27.9 Å². The summed E-state index contributed by atoms with van der Waals surface area (Å²) in [5.41, 5.74) is 2.30. The first-order chi connectivity index (χ1) is 18.4. The predicted octanol–water partition coefficient (Wildman–Crippen LogP) is 6.22. The summed E-state index contributed by atoms with van der Waals surface area (Å²) in [5.74, 6) is 0.297. The summed E-state index contributed by atoms with van der Waals surface area (Å²) in [6.45, 7) is 5.23. The van der Waals surface area contributed by atoms with Gasteiger partial charge in [0, 0.05) is 56.3 Å². The topological polar surface area (TPSA) is 57.7 Å². The zero-order valence-electron chi connectivity index (χ0n) is 21.7. The van der Waals surface area contributed by atoms with Gasteiger partial charge in [0.1, 0.15) is 11.6 Å². The maximum absolute atomic E-state index is 13.9. The summed E-state index contributed by atoms with van der Waals surface area (Å²) in [4.78, 5) is 21.3. The smallest absolute Gasteiger partial charge is 0.254 e. The Morgan fingerprint density at radius 3 is 2.47 bits per heavy atom. The van der Waals surface area contributed by atoms with E-state index in [1.807, 2.05) is 18.2 Å². The first-order valence-electron chi connectivity index (χ1n) is 12.8. The number of anilines is 1. The standard InChI is InChI=1S/C29H33Cl2FN4O2/c1-20(10-13-34-29(37)28-26(30)17-33-18-27(28)31)35-14-11-24(12-15-35)36(19-21-4-3-5-22(32)16-21)23-6-8-25(38-2)9-7-23/h3-9,16-18,20,24H,10-15,19H2,1-2H3,(H,34,37). The zero-order chi connectivity index (χ0) is 27.1. The number of amides is 1. The van der Waals surface area contributed by atoms with Gasteiger partial charge in [-0.15, -0.1) is 0 Å². The molecule has 0 radical (unpaired) electrons. The van der Waals surface area contributed by atoms with Gasteiger partial charge in [-0.05, 0) is 68.1 Å². The van der Waals surface area contributed by atoms with Crippen molar-refractivity contribution in [2.24, 2.45) is 0 Å². The molecule has 0 aliphatic carbocycles. The highest BCUT2D eigenvalue weighted by atomic mass is 35.5. The number of hydrogen-bond donors (Lipinski definition) is 1. The summed E-state index contributed by atoms with van der Waals surface area (Å²) in [7, 11) is 1.66. The van der Waals surface area contributed by atoms with Crippen molar-refractivity contribution in [3.8, 4) is 5.75 Å².